The molecule has 2 atom stereocenters. The minimum absolute atomic E-state index is 0.151. The molecule has 0 saturated carbocycles. The van der Waals surface area contributed by atoms with Crippen LogP contribution in [0.4, 0.5) is 4.79 Å². The van der Waals surface area contributed by atoms with Crippen molar-refractivity contribution in [3.63, 3.8) is 0 Å². The van der Waals surface area contributed by atoms with Crippen LogP contribution in [0, 0.1) is 5.92 Å². The van der Waals surface area contributed by atoms with Gasteiger partial charge in [-0.3, -0.25) is 0 Å². The highest BCUT2D eigenvalue weighted by Gasteiger charge is 2.18. The van der Waals surface area contributed by atoms with Crippen LogP contribution in [0.25, 0.3) is 0 Å². The maximum atomic E-state index is 12.0. The number of benzene rings is 1. The molecule has 0 unspecified atom stereocenters. The second-order valence-electron chi connectivity index (χ2n) is 6.14. The number of carbonyl (C=O) groups excluding carboxylic acids is 1. The van der Waals surface area contributed by atoms with E-state index in [1.807, 2.05) is 24.3 Å². The average molecular weight is 340 g/mol. The molecule has 1 aliphatic heterocycles. The van der Waals surface area contributed by atoms with Crippen molar-refractivity contribution in [1.82, 2.24) is 15.5 Å². The fraction of sp³-hybridized carbons (Fsp3) is 0.588. The Balaban J connectivity index is 1.74. The predicted molar refractivity (Wildman–Crippen MR) is 92.8 cm³/mol. The SMILES string of the molecule is CO[C@@H](CNC(=O)NC[C@H]1CCCN(C)C1)c1cccc(Cl)c1. The lowest BCUT2D eigenvalue weighted by molar-refractivity contribution is 0.104. The summed E-state index contributed by atoms with van der Waals surface area (Å²) < 4.78 is 5.44. The average Bonchev–Trinajstić information content (AvgIpc) is 2.54. The Morgan fingerprint density at radius 1 is 1.48 bits per heavy atom. The first-order valence-corrected chi connectivity index (χ1v) is 8.44. The molecule has 1 aromatic rings. The molecule has 6 heteroatoms. The third-order valence-electron chi connectivity index (χ3n) is 4.23. The molecule has 0 aliphatic carbocycles. The summed E-state index contributed by atoms with van der Waals surface area (Å²) in [5, 5.41) is 6.49. The highest BCUT2D eigenvalue weighted by molar-refractivity contribution is 6.30. The lowest BCUT2D eigenvalue weighted by Gasteiger charge is -2.29. The predicted octanol–water partition coefficient (Wildman–Crippen LogP) is 2.67. The van der Waals surface area contributed by atoms with Gasteiger partial charge in [0.2, 0.25) is 0 Å². The summed E-state index contributed by atoms with van der Waals surface area (Å²) in [4.78, 5) is 14.3. The van der Waals surface area contributed by atoms with Crippen molar-refractivity contribution in [3.8, 4) is 0 Å². The fourth-order valence-electron chi connectivity index (χ4n) is 2.97. The molecule has 0 spiro atoms. The molecule has 2 N–H and O–H groups in total. The first-order chi connectivity index (χ1) is 11.1. The number of methoxy groups -OCH3 is 1. The number of urea groups is 1. The van der Waals surface area contributed by atoms with E-state index in [2.05, 4.69) is 22.6 Å². The summed E-state index contributed by atoms with van der Waals surface area (Å²) in [6.07, 6.45) is 2.17. The van der Waals surface area contributed by atoms with Crippen molar-refractivity contribution in [1.29, 1.82) is 0 Å². The van der Waals surface area contributed by atoms with Crippen LogP contribution in [0.2, 0.25) is 5.02 Å². The number of rotatable bonds is 6. The van der Waals surface area contributed by atoms with Crippen LogP contribution in [0.1, 0.15) is 24.5 Å². The van der Waals surface area contributed by atoms with E-state index in [9.17, 15) is 4.79 Å². The minimum Gasteiger partial charge on any atom is -0.375 e. The minimum atomic E-state index is -0.208. The third kappa shape index (κ3) is 6.01. The summed E-state index contributed by atoms with van der Waals surface area (Å²) in [5.74, 6) is 0.533. The Morgan fingerprint density at radius 3 is 3.00 bits per heavy atom. The number of hydrogen-bond acceptors (Lipinski definition) is 3. The lowest BCUT2D eigenvalue weighted by atomic mass is 9.99. The van der Waals surface area contributed by atoms with E-state index in [0.717, 1.165) is 18.7 Å². The standard InChI is InChI=1S/C17H26ClN3O2/c1-21-8-4-5-13(12-21)10-19-17(22)20-11-16(23-2)14-6-3-7-15(18)9-14/h3,6-7,9,13,16H,4-5,8,10-12H2,1-2H3,(H2,19,20,22)/t13-,16+/m1/s1. The van der Waals surface area contributed by atoms with Gasteiger partial charge in [-0.25, -0.2) is 4.79 Å². The molecular weight excluding hydrogens is 314 g/mol. The quantitative estimate of drug-likeness (QED) is 0.837. The normalized spacial score (nSPS) is 20.0. The van der Waals surface area contributed by atoms with Crippen LogP contribution in [-0.2, 0) is 4.74 Å². The Kier molecular flexibility index (Phi) is 7.15. The number of halogens is 1. The van der Waals surface area contributed by atoms with Crippen LogP contribution in [-0.4, -0.2) is 51.3 Å². The number of nitrogens with one attached hydrogen (secondary N) is 2. The van der Waals surface area contributed by atoms with Crippen molar-refractivity contribution in [3.05, 3.63) is 34.9 Å². The van der Waals surface area contributed by atoms with Crippen LogP contribution in [0.5, 0.6) is 0 Å². The maximum absolute atomic E-state index is 12.0. The first-order valence-electron chi connectivity index (χ1n) is 8.07. The monoisotopic (exact) mass is 339 g/mol. The second kappa shape index (κ2) is 9.11. The Labute approximate surface area is 143 Å². The summed E-state index contributed by atoms with van der Waals surface area (Å²) in [6.45, 7) is 3.32. The van der Waals surface area contributed by atoms with E-state index >= 15 is 0 Å². The van der Waals surface area contributed by atoms with E-state index in [-0.39, 0.29) is 12.1 Å². The lowest BCUT2D eigenvalue weighted by Crippen LogP contribution is -2.43. The molecule has 2 rings (SSSR count). The van der Waals surface area contributed by atoms with Gasteiger partial charge in [0.25, 0.3) is 0 Å². The molecule has 1 aromatic carbocycles. The van der Waals surface area contributed by atoms with Gasteiger partial charge in [0.15, 0.2) is 0 Å². The van der Waals surface area contributed by atoms with Gasteiger partial charge in [0.05, 0.1) is 6.10 Å². The number of nitrogens with zero attached hydrogens (tertiary/aromatic N) is 1. The van der Waals surface area contributed by atoms with Crippen molar-refractivity contribution >= 4 is 17.6 Å². The topological polar surface area (TPSA) is 53.6 Å². The van der Waals surface area contributed by atoms with Gasteiger partial charge in [-0.15, -0.1) is 0 Å². The molecule has 1 saturated heterocycles. The van der Waals surface area contributed by atoms with Crippen molar-refractivity contribution in [2.75, 3.05) is 40.3 Å². The number of carbonyl (C=O) groups is 1. The number of hydrogen-bond donors (Lipinski definition) is 2. The number of piperidine rings is 1. The third-order valence-corrected chi connectivity index (χ3v) is 4.46. The van der Waals surface area contributed by atoms with E-state index in [1.165, 1.54) is 12.8 Å². The molecule has 0 radical (unpaired) electrons. The van der Waals surface area contributed by atoms with Gasteiger partial charge in [-0.1, -0.05) is 23.7 Å². The molecular formula is C17H26ClN3O2. The molecule has 1 heterocycles. The Morgan fingerprint density at radius 2 is 2.30 bits per heavy atom. The maximum Gasteiger partial charge on any atom is 0.314 e. The molecule has 0 aromatic heterocycles. The zero-order chi connectivity index (χ0) is 16.7. The molecule has 1 fully saturated rings. The van der Waals surface area contributed by atoms with E-state index in [0.29, 0.717) is 24.0 Å². The summed E-state index contributed by atoms with van der Waals surface area (Å²) in [6, 6.07) is 7.34. The fourth-order valence-corrected chi connectivity index (χ4v) is 3.17. The Hall–Kier alpha value is -1.30. The number of ether oxygens (including phenoxy) is 1. The first kappa shape index (κ1) is 18.0. The van der Waals surface area contributed by atoms with Gasteiger partial charge in [-0.2, -0.15) is 0 Å². The summed E-state index contributed by atoms with van der Waals surface area (Å²) in [7, 11) is 3.75. The molecule has 0 bridgehead atoms. The number of likely N-dealkylation sites (tertiary alicyclic amines) is 1. The van der Waals surface area contributed by atoms with Crippen LogP contribution >= 0.6 is 11.6 Å². The van der Waals surface area contributed by atoms with Gasteiger partial charge < -0.3 is 20.3 Å². The molecule has 5 nitrogen and oxygen atoms in total. The van der Waals surface area contributed by atoms with E-state index < -0.39 is 0 Å². The van der Waals surface area contributed by atoms with Crippen LogP contribution in [0.15, 0.2) is 24.3 Å². The van der Waals surface area contributed by atoms with Gasteiger partial charge in [0.1, 0.15) is 0 Å². The summed E-state index contributed by atoms with van der Waals surface area (Å²) >= 11 is 6.00. The smallest absolute Gasteiger partial charge is 0.314 e. The van der Waals surface area contributed by atoms with Crippen LogP contribution < -0.4 is 10.6 Å². The zero-order valence-electron chi connectivity index (χ0n) is 13.8. The van der Waals surface area contributed by atoms with Gasteiger partial charge in [0, 0.05) is 31.8 Å². The highest BCUT2D eigenvalue weighted by atomic mass is 35.5. The van der Waals surface area contributed by atoms with E-state index in [1.54, 1.807) is 7.11 Å². The second-order valence-corrected chi connectivity index (χ2v) is 6.58. The highest BCUT2D eigenvalue weighted by Crippen LogP contribution is 2.19. The largest absolute Gasteiger partial charge is 0.375 e. The number of amides is 2. The van der Waals surface area contributed by atoms with Crippen molar-refractivity contribution < 1.29 is 9.53 Å². The van der Waals surface area contributed by atoms with Crippen LogP contribution in [0.3, 0.4) is 0 Å². The van der Waals surface area contributed by atoms with E-state index in [4.69, 9.17) is 16.3 Å². The molecule has 1 aliphatic rings. The van der Waals surface area contributed by atoms with Gasteiger partial charge in [-0.05, 0) is 50.0 Å². The molecule has 23 heavy (non-hydrogen) atoms. The summed E-state index contributed by atoms with van der Waals surface area (Å²) in [5.41, 5.74) is 0.953. The molecule has 2 amide bonds. The molecule has 128 valence electrons. The van der Waals surface area contributed by atoms with Crippen molar-refractivity contribution in [2.24, 2.45) is 5.92 Å². The van der Waals surface area contributed by atoms with Crippen molar-refractivity contribution in [2.45, 2.75) is 18.9 Å². The Bertz CT molecular complexity index is 512. The van der Waals surface area contributed by atoms with Gasteiger partial charge >= 0.3 is 6.03 Å². The zero-order valence-corrected chi connectivity index (χ0v) is 14.6.